The van der Waals surface area contributed by atoms with Crippen molar-refractivity contribution < 1.29 is 21.6 Å². The molecule has 0 spiro atoms. The number of alkyl halides is 3. The lowest BCUT2D eigenvalue weighted by Crippen LogP contribution is -2.42. The van der Waals surface area contributed by atoms with E-state index >= 15 is 0 Å². The number of pyridine rings is 1. The Labute approximate surface area is 201 Å². The number of nitriles is 1. The first-order valence-corrected chi connectivity index (χ1v) is 13.0. The predicted octanol–water partition coefficient (Wildman–Crippen LogP) is 3.18. The van der Waals surface area contributed by atoms with E-state index in [1.165, 1.54) is 10.5 Å². The summed E-state index contributed by atoms with van der Waals surface area (Å²) in [6.07, 6.45) is -1.02. The Morgan fingerprint density at radius 3 is 2.63 bits per heavy atom. The number of sulfonamides is 1. The first-order valence-electron chi connectivity index (χ1n) is 11.4. The average molecular weight is 510 g/mol. The molecular weight excluding hydrogens is 483 g/mol. The smallest absolute Gasteiger partial charge is 0.369 e. The number of nitrogens with one attached hydrogen (secondary N) is 2. The van der Waals surface area contributed by atoms with E-state index < -0.39 is 27.7 Å². The number of hydrogen-bond acceptors (Lipinski definition) is 8. The molecule has 9 nitrogen and oxygen atoms in total. The third kappa shape index (κ3) is 5.18. The number of halogens is 3. The van der Waals surface area contributed by atoms with E-state index in [9.17, 15) is 26.9 Å². The first-order chi connectivity index (χ1) is 16.5. The van der Waals surface area contributed by atoms with E-state index in [4.69, 9.17) is 0 Å². The van der Waals surface area contributed by atoms with Crippen LogP contribution in [0.4, 0.5) is 24.9 Å². The molecule has 0 amide bonds. The Morgan fingerprint density at radius 2 is 2.00 bits per heavy atom. The molecule has 1 saturated heterocycles. The van der Waals surface area contributed by atoms with Gasteiger partial charge in [0, 0.05) is 43.4 Å². The number of rotatable bonds is 6. The number of piperidine rings is 1. The fourth-order valence-corrected chi connectivity index (χ4v) is 5.71. The van der Waals surface area contributed by atoms with Gasteiger partial charge < -0.3 is 10.6 Å². The van der Waals surface area contributed by atoms with Crippen molar-refractivity contribution in [1.82, 2.24) is 19.3 Å². The summed E-state index contributed by atoms with van der Waals surface area (Å²) in [4.78, 5) is 12.6. The molecule has 0 aliphatic carbocycles. The van der Waals surface area contributed by atoms with Gasteiger partial charge in [-0.15, -0.1) is 0 Å². The quantitative estimate of drug-likeness (QED) is 0.609. The Bertz CT molecular complexity index is 1240. The molecule has 2 aliphatic rings. The summed E-state index contributed by atoms with van der Waals surface area (Å²) >= 11 is 0. The second kappa shape index (κ2) is 9.58. The number of hydrogen-bond donors (Lipinski definition) is 2. The van der Waals surface area contributed by atoms with Crippen LogP contribution in [0.1, 0.15) is 55.0 Å². The van der Waals surface area contributed by atoms with Gasteiger partial charge in [-0.25, -0.2) is 27.7 Å². The molecule has 0 saturated carbocycles. The lowest BCUT2D eigenvalue weighted by molar-refractivity contribution is -0.137. The molecular formula is C22H26F3N7O2S. The Morgan fingerprint density at radius 1 is 1.29 bits per heavy atom. The maximum absolute atomic E-state index is 13.2. The van der Waals surface area contributed by atoms with Crippen molar-refractivity contribution in [3.05, 3.63) is 40.8 Å². The van der Waals surface area contributed by atoms with E-state index in [0.29, 0.717) is 43.0 Å². The Hall–Kier alpha value is -2.98. The number of nitrogens with zero attached hydrogens (tertiary/aromatic N) is 5. The predicted molar refractivity (Wildman–Crippen MR) is 123 cm³/mol. The molecule has 4 rings (SSSR count). The van der Waals surface area contributed by atoms with Crippen LogP contribution in [0.3, 0.4) is 0 Å². The van der Waals surface area contributed by atoms with E-state index in [1.807, 2.05) is 13.0 Å². The SMILES string of the molecule is CCS(=O)(=O)N1CCC(C(C)Nc2ncc(C#N)c(C3CNc4ncc(C(F)(F)F)cc43)n2)CC1. The molecule has 2 atom stereocenters. The minimum Gasteiger partial charge on any atom is -0.369 e. The summed E-state index contributed by atoms with van der Waals surface area (Å²) in [7, 11) is -3.21. The highest BCUT2D eigenvalue weighted by Gasteiger charge is 2.36. The standard InChI is InChI=1S/C22H26F3N7O2S/c1-3-35(33,34)32-6-4-14(5-7-32)13(2)30-21-29-10-15(9-26)19(31-21)18-12-28-20-17(18)8-16(11-27-20)22(23,24)25/h8,10-11,13-14,18H,3-7,12H2,1-2H3,(H,27,28)(H,29,30,31). The van der Waals surface area contributed by atoms with Crippen molar-refractivity contribution in [2.45, 2.75) is 44.8 Å². The number of anilines is 2. The molecule has 2 aromatic rings. The largest absolute Gasteiger partial charge is 0.417 e. The molecule has 2 N–H and O–H groups in total. The molecule has 0 bridgehead atoms. The molecule has 0 aromatic carbocycles. The normalized spacial score (nSPS) is 20.1. The van der Waals surface area contributed by atoms with E-state index in [-0.39, 0.29) is 35.8 Å². The van der Waals surface area contributed by atoms with Crippen LogP contribution in [0.5, 0.6) is 0 Å². The minimum atomic E-state index is -4.53. The lowest BCUT2D eigenvalue weighted by Gasteiger charge is -2.34. The van der Waals surface area contributed by atoms with Crippen molar-refractivity contribution in [3.63, 3.8) is 0 Å². The summed E-state index contributed by atoms with van der Waals surface area (Å²) in [6.45, 7) is 4.75. The summed E-state index contributed by atoms with van der Waals surface area (Å²) < 4.78 is 65.4. The van der Waals surface area contributed by atoms with Gasteiger partial charge in [0.1, 0.15) is 11.9 Å². The molecule has 35 heavy (non-hydrogen) atoms. The van der Waals surface area contributed by atoms with Crippen molar-refractivity contribution in [2.24, 2.45) is 5.92 Å². The van der Waals surface area contributed by atoms with Gasteiger partial charge in [-0.05, 0) is 38.7 Å². The fourth-order valence-electron chi connectivity index (χ4n) is 4.58. The molecule has 13 heteroatoms. The van der Waals surface area contributed by atoms with Crippen molar-refractivity contribution in [1.29, 1.82) is 5.26 Å². The molecule has 0 radical (unpaired) electrons. The van der Waals surface area contributed by atoms with Crippen LogP contribution in [-0.2, 0) is 16.2 Å². The third-order valence-corrected chi connectivity index (χ3v) is 8.56. The lowest BCUT2D eigenvalue weighted by atomic mass is 9.91. The van der Waals surface area contributed by atoms with Crippen molar-refractivity contribution >= 4 is 21.8 Å². The van der Waals surface area contributed by atoms with Gasteiger partial charge in [0.15, 0.2) is 0 Å². The van der Waals surface area contributed by atoms with Crippen molar-refractivity contribution in [2.75, 3.05) is 36.0 Å². The molecule has 2 aromatic heterocycles. The second-order valence-electron chi connectivity index (χ2n) is 8.77. The van der Waals surface area contributed by atoms with Crippen LogP contribution in [0.25, 0.3) is 0 Å². The molecule has 2 aliphatic heterocycles. The Balaban J connectivity index is 1.53. The highest BCUT2D eigenvalue weighted by molar-refractivity contribution is 7.89. The van der Waals surface area contributed by atoms with E-state index in [1.54, 1.807) is 6.92 Å². The van der Waals surface area contributed by atoms with Gasteiger partial charge in [0.25, 0.3) is 0 Å². The zero-order valence-electron chi connectivity index (χ0n) is 19.3. The molecule has 2 unspecified atom stereocenters. The Kier molecular flexibility index (Phi) is 6.88. The first kappa shape index (κ1) is 25.1. The van der Waals surface area contributed by atoms with Crippen LogP contribution in [-0.4, -0.2) is 59.1 Å². The highest BCUT2D eigenvalue weighted by atomic mass is 32.2. The number of aromatic nitrogens is 3. The average Bonchev–Trinajstić information content (AvgIpc) is 3.26. The van der Waals surface area contributed by atoms with Crippen LogP contribution in [0.2, 0.25) is 0 Å². The monoisotopic (exact) mass is 509 g/mol. The van der Waals surface area contributed by atoms with E-state index in [2.05, 4.69) is 25.6 Å². The topological polar surface area (TPSA) is 124 Å². The van der Waals surface area contributed by atoms with Gasteiger partial charge in [0.2, 0.25) is 16.0 Å². The maximum atomic E-state index is 13.2. The highest BCUT2D eigenvalue weighted by Crippen LogP contribution is 2.39. The summed E-state index contributed by atoms with van der Waals surface area (Å²) in [5.74, 6) is 0.279. The van der Waals surface area contributed by atoms with Crippen LogP contribution in [0, 0.1) is 17.2 Å². The van der Waals surface area contributed by atoms with Crippen LogP contribution < -0.4 is 10.6 Å². The number of fused-ring (bicyclic) bond motifs is 1. The van der Waals surface area contributed by atoms with Gasteiger partial charge in [0.05, 0.1) is 28.8 Å². The van der Waals surface area contributed by atoms with Crippen LogP contribution >= 0.6 is 0 Å². The zero-order valence-corrected chi connectivity index (χ0v) is 20.1. The van der Waals surface area contributed by atoms with Crippen LogP contribution in [0.15, 0.2) is 18.5 Å². The van der Waals surface area contributed by atoms with Gasteiger partial charge in [-0.1, -0.05) is 0 Å². The zero-order chi connectivity index (χ0) is 25.4. The molecule has 4 heterocycles. The van der Waals surface area contributed by atoms with Crippen molar-refractivity contribution in [3.8, 4) is 6.07 Å². The third-order valence-electron chi connectivity index (χ3n) is 6.68. The summed E-state index contributed by atoms with van der Waals surface area (Å²) in [5, 5.41) is 15.8. The van der Waals surface area contributed by atoms with E-state index in [0.717, 1.165) is 12.3 Å². The second-order valence-corrected chi connectivity index (χ2v) is 11.0. The minimum absolute atomic E-state index is 0.0743. The van der Waals surface area contributed by atoms with Gasteiger partial charge >= 0.3 is 6.18 Å². The molecule has 188 valence electrons. The fraction of sp³-hybridized carbons (Fsp3) is 0.545. The maximum Gasteiger partial charge on any atom is 0.417 e. The van der Waals surface area contributed by atoms with Gasteiger partial charge in [-0.3, -0.25) is 0 Å². The summed E-state index contributed by atoms with van der Waals surface area (Å²) in [5.41, 5.74) is -0.0220. The summed E-state index contributed by atoms with van der Waals surface area (Å²) in [6, 6.07) is 3.00. The van der Waals surface area contributed by atoms with Gasteiger partial charge in [-0.2, -0.15) is 18.4 Å². The molecule has 1 fully saturated rings.